The first kappa shape index (κ1) is 29.9. The molecule has 0 radical (unpaired) electrons. The molecule has 6 nitrogen and oxygen atoms in total. The lowest BCUT2D eigenvalue weighted by Gasteiger charge is -2.43. The summed E-state index contributed by atoms with van der Waals surface area (Å²) >= 11 is -1.49. The number of benzene rings is 2. The van der Waals surface area contributed by atoms with E-state index in [-0.39, 0.29) is 42.5 Å². The van der Waals surface area contributed by atoms with Crippen LogP contribution in [0.25, 0.3) is 0 Å². The largest absolute Gasteiger partial charge is 0.598 e. The van der Waals surface area contributed by atoms with E-state index in [0.717, 1.165) is 24.5 Å². The third-order valence-corrected chi connectivity index (χ3v) is 10.3. The second kappa shape index (κ2) is 11.6. The van der Waals surface area contributed by atoms with E-state index in [4.69, 9.17) is 4.74 Å². The van der Waals surface area contributed by atoms with Crippen molar-refractivity contribution in [2.24, 2.45) is 11.3 Å². The van der Waals surface area contributed by atoms with Crippen LogP contribution in [-0.2, 0) is 38.7 Å². The fourth-order valence-electron chi connectivity index (χ4n) is 6.19. The second-order valence-corrected chi connectivity index (χ2v) is 14.6. The fraction of sp³-hybridized carbons (Fsp3) is 0.548. The summed E-state index contributed by atoms with van der Waals surface area (Å²) in [7, 11) is 0. The molecule has 0 spiro atoms. The van der Waals surface area contributed by atoms with E-state index in [1.165, 1.54) is 0 Å². The Labute approximate surface area is 242 Å². The van der Waals surface area contributed by atoms with Crippen molar-refractivity contribution in [2.45, 2.75) is 95.2 Å². The molecule has 3 fully saturated rings. The molecule has 3 unspecified atom stereocenters. The van der Waals surface area contributed by atoms with Gasteiger partial charge in [0.15, 0.2) is 11.6 Å². The van der Waals surface area contributed by atoms with Gasteiger partial charge in [0.25, 0.3) is 0 Å². The van der Waals surface area contributed by atoms with Crippen LogP contribution in [0.4, 0.5) is 13.2 Å². The maximum absolute atomic E-state index is 14.6. The zero-order chi connectivity index (χ0) is 29.5. The highest BCUT2D eigenvalue weighted by atomic mass is 32.2. The first-order valence-corrected chi connectivity index (χ1v) is 15.4. The highest BCUT2D eigenvalue weighted by Crippen LogP contribution is 2.52. The lowest BCUT2D eigenvalue weighted by molar-refractivity contribution is -0.161. The normalized spacial score (nSPS) is 24.6. The number of ether oxygens (including phenoxy) is 1. The van der Waals surface area contributed by atoms with Crippen LogP contribution >= 0.6 is 0 Å². The van der Waals surface area contributed by atoms with Gasteiger partial charge in [0.1, 0.15) is 22.6 Å². The average molecular weight is 591 g/mol. The fourth-order valence-corrected chi connectivity index (χ4v) is 7.10. The number of esters is 1. The van der Waals surface area contributed by atoms with E-state index in [0.29, 0.717) is 31.7 Å². The Hall–Kier alpha value is -2.56. The standard InChI is InChI=1S/C31H37F3N2O4S/c1-30(2,3)41(39)35-27(16-20-15-25(33)26(34)17-24(20)32)21-13-22-9-10-23(14-21)36(22)28(37)31(11-12-31)29(38)40-18-19-7-5-4-6-8-19/h4-8,15,17,21-23,27,35H,9-14,16,18H2,1-3H3/t21?,22?,23?,27-,41?/m1/s1. The van der Waals surface area contributed by atoms with Crippen LogP contribution in [0, 0.1) is 28.8 Å². The van der Waals surface area contributed by atoms with Gasteiger partial charge in [0, 0.05) is 29.5 Å². The van der Waals surface area contributed by atoms with Gasteiger partial charge in [-0.2, -0.15) is 0 Å². The minimum absolute atomic E-state index is 0.0104. The topological polar surface area (TPSA) is 81.7 Å². The van der Waals surface area contributed by atoms with Crippen LogP contribution in [0.3, 0.4) is 0 Å². The van der Waals surface area contributed by atoms with Gasteiger partial charge in [-0.3, -0.25) is 9.59 Å². The molecule has 1 amide bonds. The summed E-state index contributed by atoms with van der Waals surface area (Å²) < 4.78 is 63.5. The summed E-state index contributed by atoms with van der Waals surface area (Å²) in [6.45, 7) is 5.58. The molecule has 5 rings (SSSR count). The van der Waals surface area contributed by atoms with E-state index in [1.54, 1.807) is 0 Å². The smallest absolute Gasteiger partial charge is 0.321 e. The number of fused-ring (bicyclic) bond motifs is 2. The lowest BCUT2D eigenvalue weighted by atomic mass is 9.82. The molecule has 0 aromatic heterocycles. The maximum atomic E-state index is 14.6. The van der Waals surface area contributed by atoms with E-state index in [9.17, 15) is 27.3 Å². The molecule has 10 heteroatoms. The number of amides is 1. The summed E-state index contributed by atoms with van der Waals surface area (Å²) in [6.07, 6.45) is 3.64. The number of nitrogens with one attached hydrogen (secondary N) is 1. The Morgan fingerprint density at radius 2 is 1.66 bits per heavy atom. The summed E-state index contributed by atoms with van der Waals surface area (Å²) in [5.41, 5.74) is -0.271. The molecule has 2 heterocycles. The van der Waals surface area contributed by atoms with Gasteiger partial charge in [-0.05, 0) is 88.8 Å². The number of hydrogen-bond donors (Lipinski definition) is 1. The molecule has 1 saturated carbocycles. The van der Waals surface area contributed by atoms with Crippen LogP contribution in [-0.4, -0.2) is 44.2 Å². The number of halogens is 3. The third-order valence-electron chi connectivity index (χ3n) is 8.68. The first-order valence-electron chi connectivity index (χ1n) is 14.2. The van der Waals surface area contributed by atoms with Gasteiger partial charge in [-0.1, -0.05) is 30.3 Å². The molecule has 4 atom stereocenters. The van der Waals surface area contributed by atoms with Crippen molar-refractivity contribution in [3.05, 3.63) is 71.0 Å². The molecule has 2 aromatic rings. The Morgan fingerprint density at radius 3 is 2.24 bits per heavy atom. The van der Waals surface area contributed by atoms with E-state index >= 15 is 0 Å². The van der Waals surface area contributed by atoms with Gasteiger partial charge in [-0.15, -0.1) is 4.72 Å². The number of piperidine rings is 1. The van der Waals surface area contributed by atoms with E-state index in [1.807, 2.05) is 56.0 Å². The number of rotatable bonds is 9. The quantitative estimate of drug-likeness (QED) is 0.184. The Morgan fingerprint density at radius 1 is 1.05 bits per heavy atom. The molecule has 1 N–H and O–H groups in total. The van der Waals surface area contributed by atoms with Crippen molar-refractivity contribution in [3.63, 3.8) is 0 Å². The number of carbonyl (C=O) groups excluding carboxylic acids is 2. The Bertz CT molecular complexity index is 1270. The SMILES string of the molecule is CC(C)(C)[S+]([O-])N[C@H](Cc1cc(F)c(F)cc1F)C1CC2CCC(C1)N2C(=O)C1(C(=O)OCc2ccccc2)CC1. The van der Waals surface area contributed by atoms with Crippen LogP contribution in [0.15, 0.2) is 42.5 Å². The molecule has 222 valence electrons. The third kappa shape index (κ3) is 6.29. The van der Waals surface area contributed by atoms with Crippen LogP contribution in [0.1, 0.15) is 70.4 Å². The maximum Gasteiger partial charge on any atom is 0.321 e. The predicted octanol–water partition coefficient (Wildman–Crippen LogP) is 5.36. The van der Waals surface area contributed by atoms with Gasteiger partial charge < -0.3 is 14.2 Å². The van der Waals surface area contributed by atoms with Crippen molar-refractivity contribution in [2.75, 3.05) is 0 Å². The lowest BCUT2D eigenvalue weighted by Crippen LogP contribution is -2.56. The molecule has 2 saturated heterocycles. The average Bonchev–Trinajstić information content (AvgIpc) is 3.70. The summed E-state index contributed by atoms with van der Waals surface area (Å²) in [5.74, 6) is -3.99. The molecular formula is C31H37F3N2O4S. The first-order chi connectivity index (χ1) is 19.4. The van der Waals surface area contributed by atoms with Crippen molar-refractivity contribution < 1.29 is 32.0 Å². The minimum atomic E-state index is -1.49. The Balaban J connectivity index is 1.30. The summed E-state index contributed by atoms with van der Waals surface area (Å²) in [6, 6.07) is 10.0. The van der Waals surface area contributed by atoms with Gasteiger partial charge in [-0.25, -0.2) is 13.2 Å². The van der Waals surface area contributed by atoms with E-state index in [2.05, 4.69) is 4.72 Å². The van der Waals surface area contributed by atoms with Crippen molar-refractivity contribution in [1.82, 2.24) is 9.62 Å². The number of carbonyl (C=O) groups is 2. The van der Waals surface area contributed by atoms with Crippen LogP contribution in [0.5, 0.6) is 0 Å². The van der Waals surface area contributed by atoms with Crippen molar-refractivity contribution in [3.8, 4) is 0 Å². The molecule has 1 aliphatic carbocycles. The molecule has 2 aromatic carbocycles. The molecule has 41 heavy (non-hydrogen) atoms. The van der Waals surface area contributed by atoms with Crippen molar-refractivity contribution >= 4 is 23.2 Å². The van der Waals surface area contributed by atoms with Crippen molar-refractivity contribution in [1.29, 1.82) is 0 Å². The Kier molecular flexibility index (Phi) is 8.47. The predicted molar refractivity (Wildman–Crippen MR) is 149 cm³/mol. The molecule has 2 bridgehead atoms. The molecule has 3 aliphatic rings. The zero-order valence-corrected chi connectivity index (χ0v) is 24.4. The second-order valence-electron chi connectivity index (χ2n) is 12.6. The highest BCUT2D eigenvalue weighted by Gasteiger charge is 2.62. The molecule has 2 aliphatic heterocycles. The molecular weight excluding hydrogens is 553 g/mol. The highest BCUT2D eigenvalue weighted by molar-refractivity contribution is 7.90. The van der Waals surface area contributed by atoms with Gasteiger partial charge in [0.2, 0.25) is 5.91 Å². The summed E-state index contributed by atoms with van der Waals surface area (Å²) in [5, 5.41) is 0. The van der Waals surface area contributed by atoms with Gasteiger partial charge >= 0.3 is 5.97 Å². The van der Waals surface area contributed by atoms with E-state index < -0.39 is 51.0 Å². The minimum Gasteiger partial charge on any atom is -0.598 e. The number of hydrogen-bond acceptors (Lipinski definition) is 5. The van der Waals surface area contributed by atoms with Gasteiger partial charge in [0.05, 0.1) is 6.04 Å². The van der Waals surface area contributed by atoms with Crippen LogP contribution < -0.4 is 4.72 Å². The number of nitrogens with zero attached hydrogens (tertiary/aromatic N) is 1. The summed E-state index contributed by atoms with van der Waals surface area (Å²) in [4.78, 5) is 28.8. The van der Waals surface area contributed by atoms with Crippen LogP contribution in [0.2, 0.25) is 0 Å². The zero-order valence-electron chi connectivity index (χ0n) is 23.6. The monoisotopic (exact) mass is 590 g/mol.